The highest BCUT2D eigenvalue weighted by molar-refractivity contribution is 5.99. The van der Waals surface area contributed by atoms with Gasteiger partial charge in [-0.3, -0.25) is 28.8 Å². The number of rotatable bonds is 16. The van der Waals surface area contributed by atoms with E-state index in [0.717, 1.165) is 19.2 Å². The smallest absolute Gasteiger partial charge is 0.319 e. The number of nitrogens with zero attached hydrogens (tertiary/aromatic N) is 2. The second kappa shape index (κ2) is 17.8. The van der Waals surface area contributed by atoms with Crippen LogP contribution in [-0.4, -0.2) is 116 Å². The molecule has 1 aliphatic rings. The summed E-state index contributed by atoms with van der Waals surface area (Å²) >= 11 is 0. The molecule has 0 radical (unpaired) electrons. The third-order valence-electron chi connectivity index (χ3n) is 7.37. The zero-order chi connectivity index (χ0) is 34.6. The molecule has 1 aromatic rings. The summed E-state index contributed by atoms with van der Waals surface area (Å²) in [5.41, 5.74) is 0.0858. The van der Waals surface area contributed by atoms with Gasteiger partial charge in [-0.25, -0.2) is 13.6 Å². The van der Waals surface area contributed by atoms with Crippen LogP contribution in [0.25, 0.3) is 0 Å². The molecule has 254 valence electrons. The van der Waals surface area contributed by atoms with E-state index in [-0.39, 0.29) is 24.6 Å². The number of hydrogen-bond acceptors (Lipinski definition) is 8. The number of ketones is 1. The normalized spacial score (nSPS) is 15.7. The molecule has 1 aliphatic heterocycles. The lowest BCUT2D eigenvalue weighted by molar-refractivity contribution is -0.143. The van der Waals surface area contributed by atoms with Crippen molar-refractivity contribution in [1.29, 1.82) is 0 Å². The van der Waals surface area contributed by atoms with E-state index >= 15 is 0 Å². The third-order valence-corrected chi connectivity index (χ3v) is 7.37. The van der Waals surface area contributed by atoms with Gasteiger partial charge in [-0.2, -0.15) is 0 Å². The highest BCUT2D eigenvalue weighted by atomic mass is 19.1. The molecule has 0 aliphatic carbocycles. The van der Waals surface area contributed by atoms with E-state index in [9.17, 15) is 42.3 Å². The molecule has 1 fully saturated rings. The standard InChI is InChI=1S/C30H42F2N6O8/c1-17(2)25(29(44)33-18(3)26(41)35-22(23(39)16-31)15-24(40)46-5)36-28(43)21(11-14-38-13-6-12-37(4)30(38)45)34-27(42)19-7-9-20(32)10-8-19/h7-10,17-18,21-22,25H,6,11-16H2,1-5H3,(H,33,44)(H,34,42)(H,35,41)(H,36,43). The number of Topliss-reactive ketones (excluding diaryl/α,β-unsaturated/α-hetero) is 1. The molecular weight excluding hydrogens is 610 g/mol. The number of urea groups is 1. The zero-order valence-electron chi connectivity index (χ0n) is 26.6. The summed E-state index contributed by atoms with van der Waals surface area (Å²) in [6, 6.07) is -0.749. The van der Waals surface area contributed by atoms with Gasteiger partial charge < -0.3 is 35.8 Å². The van der Waals surface area contributed by atoms with E-state index in [4.69, 9.17) is 0 Å². The van der Waals surface area contributed by atoms with Crippen LogP contribution in [0.5, 0.6) is 0 Å². The fourth-order valence-electron chi connectivity index (χ4n) is 4.58. The monoisotopic (exact) mass is 652 g/mol. The number of esters is 1. The lowest BCUT2D eigenvalue weighted by atomic mass is 10.0. The number of methoxy groups -OCH3 is 1. The van der Waals surface area contributed by atoms with E-state index < -0.39 is 84.4 Å². The van der Waals surface area contributed by atoms with Crippen molar-refractivity contribution >= 4 is 41.4 Å². The van der Waals surface area contributed by atoms with Crippen LogP contribution < -0.4 is 21.3 Å². The lowest BCUT2D eigenvalue weighted by Gasteiger charge is -2.34. The van der Waals surface area contributed by atoms with Gasteiger partial charge in [0.1, 0.15) is 36.7 Å². The Morgan fingerprint density at radius 3 is 2.13 bits per heavy atom. The summed E-state index contributed by atoms with van der Waals surface area (Å²) in [4.78, 5) is 91.6. The van der Waals surface area contributed by atoms with Crippen LogP contribution in [0.2, 0.25) is 0 Å². The van der Waals surface area contributed by atoms with Gasteiger partial charge >= 0.3 is 12.0 Å². The molecule has 6 amide bonds. The topological polar surface area (TPSA) is 183 Å². The summed E-state index contributed by atoms with van der Waals surface area (Å²) in [5, 5.41) is 9.85. The predicted molar refractivity (Wildman–Crippen MR) is 160 cm³/mol. The van der Waals surface area contributed by atoms with E-state index in [1.807, 2.05) is 0 Å². The molecule has 0 aromatic heterocycles. The Hall–Kier alpha value is -4.63. The van der Waals surface area contributed by atoms with E-state index in [1.54, 1.807) is 25.8 Å². The number of carbonyl (C=O) groups excluding carboxylic acids is 7. The minimum atomic E-state index is -1.51. The largest absolute Gasteiger partial charge is 0.469 e. The third kappa shape index (κ3) is 11.1. The molecule has 14 nitrogen and oxygen atoms in total. The molecule has 4 atom stereocenters. The molecule has 2 rings (SSSR count). The van der Waals surface area contributed by atoms with Crippen LogP contribution in [0.1, 0.15) is 50.4 Å². The number of ether oxygens (including phenoxy) is 1. The van der Waals surface area contributed by atoms with E-state index in [0.29, 0.717) is 19.5 Å². The number of alkyl halides is 1. The molecule has 0 saturated carbocycles. The van der Waals surface area contributed by atoms with Gasteiger partial charge in [0.25, 0.3) is 5.91 Å². The molecule has 46 heavy (non-hydrogen) atoms. The van der Waals surface area contributed by atoms with Gasteiger partial charge in [-0.05, 0) is 49.9 Å². The van der Waals surface area contributed by atoms with Gasteiger partial charge in [-0.15, -0.1) is 0 Å². The summed E-state index contributed by atoms with van der Waals surface area (Å²) in [5.74, 6) is -6.07. The Bertz CT molecular complexity index is 1280. The number of carbonyl (C=O) groups is 7. The van der Waals surface area contributed by atoms with Crippen molar-refractivity contribution in [3.63, 3.8) is 0 Å². The number of amides is 6. The fourth-order valence-corrected chi connectivity index (χ4v) is 4.58. The summed E-state index contributed by atoms with van der Waals surface area (Å²) in [6.07, 6.45) is 0.0994. The van der Waals surface area contributed by atoms with Gasteiger partial charge in [0, 0.05) is 32.2 Å². The maximum Gasteiger partial charge on any atom is 0.319 e. The van der Waals surface area contributed by atoms with Gasteiger partial charge in [0.15, 0.2) is 5.78 Å². The fraction of sp³-hybridized carbons (Fsp3) is 0.567. The van der Waals surface area contributed by atoms with Crippen molar-refractivity contribution in [3.8, 4) is 0 Å². The van der Waals surface area contributed by atoms with Crippen molar-refractivity contribution in [1.82, 2.24) is 31.1 Å². The van der Waals surface area contributed by atoms with Crippen molar-refractivity contribution in [2.24, 2.45) is 5.92 Å². The Balaban J connectivity index is 2.17. The molecule has 1 saturated heterocycles. The van der Waals surface area contributed by atoms with Crippen molar-refractivity contribution in [2.45, 2.75) is 64.2 Å². The molecular formula is C30H42F2N6O8. The second-order valence-electron chi connectivity index (χ2n) is 11.3. The van der Waals surface area contributed by atoms with Crippen molar-refractivity contribution in [2.75, 3.05) is 40.5 Å². The van der Waals surface area contributed by atoms with Gasteiger partial charge in [0.2, 0.25) is 17.7 Å². The first-order valence-corrected chi connectivity index (χ1v) is 14.8. The minimum absolute atomic E-state index is 0.00618. The molecule has 4 unspecified atom stereocenters. The lowest BCUT2D eigenvalue weighted by Crippen LogP contribution is -2.59. The quantitative estimate of drug-likeness (QED) is 0.184. The molecule has 0 spiro atoms. The predicted octanol–water partition coefficient (Wildman–Crippen LogP) is 0.304. The van der Waals surface area contributed by atoms with Gasteiger partial charge in [0.05, 0.1) is 13.5 Å². The summed E-state index contributed by atoms with van der Waals surface area (Å²) in [7, 11) is 2.72. The summed E-state index contributed by atoms with van der Waals surface area (Å²) < 4.78 is 30.9. The zero-order valence-corrected chi connectivity index (χ0v) is 26.6. The molecule has 0 bridgehead atoms. The van der Waals surface area contributed by atoms with E-state index in [2.05, 4.69) is 26.0 Å². The minimum Gasteiger partial charge on any atom is -0.469 e. The maximum absolute atomic E-state index is 13.5. The second-order valence-corrected chi connectivity index (χ2v) is 11.3. The van der Waals surface area contributed by atoms with Crippen LogP contribution in [0.3, 0.4) is 0 Å². The van der Waals surface area contributed by atoms with Crippen LogP contribution in [0, 0.1) is 11.7 Å². The Morgan fingerprint density at radius 1 is 0.891 bits per heavy atom. The molecule has 4 N–H and O–H groups in total. The molecule has 1 aromatic carbocycles. The Kier molecular flexibility index (Phi) is 14.5. The first-order chi connectivity index (χ1) is 21.7. The van der Waals surface area contributed by atoms with E-state index in [1.165, 1.54) is 24.0 Å². The average molecular weight is 653 g/mol. The first kappa shape index (κ1) is 37.6. The number of nitrogens with one attached hydrogen (secondary N) is 4. The van der Waals surface area contributed by atoms with Gasteiger partial charge in [-0.1, -0.05) is 13.8 Å². The van der Waals surface area contributed by atoms with Crippen molar-refractivity contribution in [3.05, 3.63) is 35.6 Å². The van der Waals surface area contributed by atoms with Crippen LogP contribution in [-0.2, 0) is 28.7 Å². The maximum atomic E-state index is 13.5. The average Bonchev–Trinajstić information content (AvgIpc) is 3.02. The van der Waals surface area contributed by atoms with Crippen LogP contribution in [0.15, 0.2) is 24.3 Å². The highest BCUT2D eigenvalue weighted by Crippen LogP contribution is 2.11. The van der Waals surface area contributed by atoms with Crippen LogP contribution >= 0.6 is 0 Å². The summed E-state index contributed by atoms with van der Waals surface area (Å²) in [6.45, 7) is 4.28. The Labute approximate surface area is 265 Å². The van der Waals surface area contributed by atoms with Crippen molar-refractivity contribution < 1.29 is 47.1 Å². The molecule has 16 heteroatoms. The highest BCUT2D eigenvalue weighted by Gasteiger charge is 2.33. The SMILES string of the molecule is COC(=O)CC(NC(=O)C(C)NC(=O)C(NC(=O)C(CCN1CCCN(C)C1=O)NC(=O)c1ccc(F)cc1)C(C)C)C(=O)CF. The number of benzene rings is 1. The molecule has 1 heterocycles. The Morgan fingerprint density at radius 2 is 1.54 bits per heavy atom. The number of hydrogen-bond donors (Lipinski definition) is 4. The number of halogens is 2. The van der Waals surface area contributed by atoms with Crippen LogP contribution in [0.4, 0.5) is 13.6 Å². The first-order valence-electron chi connectivity index (χ1n) is 14.8.